The van der Waals surface area contributed by atoms with Gasteiger partial charge in [0.05, 0.1) is 0 Å². The molecule has 0 aromatic carbocycles. The summed E-state index contributed by atoms with van der Waals surface area (Å²) in [5.74, 6) is 0. The molecular weight excluding hydrogens is 112 g/mol. The van der Waals surface area contributed by atoms with Crippen LogP contribution in [0.3, 0.4) is 0 Å². The second-order valence-electron chi connectivity index (χ2n) is 1.99. The van der Waals surface area contributed by atoms with Crippen LogP contribution in [0.5, 0.6) is 0 Å². The minimum Gasteiger partial charge on any atom is -0.385 e. The molecule has 46 valence electrons. The summed E-state index contributed by atoms with van der Waals surface area (Å²) >= 11 is 0. The maximum atomic E-state index is 8.81. The lowest BCUT2D eigenvalue weighted by molar-refractivity contribution is -0.173. The summed E-state index contributed by atoms with van der Waals surface area (Å²) in [7, 11) is 0. The fourth-order valence-electron chi connectivity index (χ4n) is 0.841. The van der Waals surface area contributed by atoms with Crippen LogP contribution in [0.15, 0.2) is 0 Å². The highest BCUT2D eigenvalue weighted by atomic mass is 16.8. The minimum atomic E-state index is -1.03. The monoisotopic (exact) mass is 118 g/mol. The van der Waals surface area contributed by atoms with Crippen LogP contribution in [-0.4, -0.2) is 35.0 Å². The number of rotatable bonds is 0. The molecule has 4 nitrogen and oxygen atoms in total. The van der Waals surface area contributed by atoms with E-state index in [0.29, 0.717) is 0 Å². The van der Waals surface area contributed by atoms with E-state index in [1.807, 2.05) is 0 Å². The molecule has 2 fully saturated rings. The Hall–Kier alpha value is -0.160. The van der Waals surface area contributed by atoms with Crippen LogP contribution >= 0.6 is 0 Å². The first-order valence-corrected chi connectivity index (χ1v) is 2.46. The second-order valence-corrected chi connectivity index (χ2v) is 1.99. The molecule has 0 amide bonds. The third kappa shape index (κ3) is 0.430. The number of epoxide rings is 1. The van der Waals surface area contributed by atoms with Crippen LogP contribution in [0.25, 0.3) is 0 Å². The highest BCUT2D eigenvalue weighted by molar-refractivity contribution is 4.92. The Bertz CT molecular complexity index is 113. The summed E-state index contributed by atoms with van der Waals surface area (Å²) in [6, 6.07) is 0. The van der Waals surface area contributed by atoms with Crippen molar-refractivity contribution >= 4 is 0 Å². The summed E-state index contributed by atoms with van der Waals surface area (Å²) in [5, 5.41) is 17.5. The van der Waals surface area contributed by atoms with Crippen LogP contribution in [0, 0.1) is 0 Å². The van der Waals surface area contributed by atoms with Gasteiger partial charge in [-0.2, -0.15) is 0 Å². The van der Waals surface area contributed by atoms with Gasteiger partial charge in [0.25, 0.3) is 0 Å². The molecule has 0 radical (unpaired) electrons. The van der Waals surface area contributed by atoms with Crippen LogP contribution in [0.4, 0.5) is 0 Å². The molecule has 2 N–H and O–H groups in total. The van der Waals surface area contributed by atoms with Crippen molar-refractivity contribution in [2.45, 2.75) is 24.8 Å². The van der Waals surface area contributed by atoms with E-state index in [-0.39, 0.29) is 12.4 Å². The number of ether oxygens (including phenoxy) is 2. The van der Waals surface area contributed by atoms with Crippen LogP contribution in [0.2, 0.25) is 0 Å². The Morgan fingerprint density at radius 2 is 1.88 bits per heavy atom. The van der Waals surface area contributed by atoms with Crippen molar-refractivity contribution in [1.82, 2.24) is 0 Å². The Morgan fingerprint density at radius 3 is 2.12 bits per heavy atom. The van der Waals surface area contributed by atoms with Crippen molar-refractivity contribution in [3.63, 3.8) is 0 Å². The maximum absolute atomic E-state index is 8.81. The summed E-state index contributed by atoms with van der Waals surface area (Å²) in [6.07, 6.45) is -2.45. The van der Waals surface area contributed by atoms with Crippen molar-refractivity contribution in [3.8, 4) is 0 Å². The van der Waals surface area contributed by atoms with Gasteiger partial charge in [-0.05, 0) is 0 Å². The highest BCUT2D eigenvalue weighted by Gasteiger charge is 2.56. The Kier molecular flexibility index (Phi) is 0.715. The van der Waals surface area contributed by atoms with E-state index < -0.39 is 12.4 Å². The first-order valence-electron chi connectivity index (χ1n) is 2.46. The summed E-state index contributed by atoms with van der Waals surface area (Å²) < 4.78 is 9.33. The zero-order valence-electron chi connectivity index (χ0n) is 4.02. The molecular formula is C4H6O4. The largest absolute Gasteiger partial charge is 0.385 e. The zero-order valence-corrected chi connectivity index (χ0v) is 4.02. The molecule has 0 aromatic rings. The molecule has 2 rings (SSSR count). The van der Waals surface area contributed by atoms with E-state index in [1.54, 1.807) is 0 Å². The van der Waals surface area contributed by atoms with Gasteiger partial charge in [-0.15, -0.1) is 0 Å². The first-order chi connectivity index (χ1) is 3.79. The molecule has 0 aliphatic carbocycles. The van der Waals surface area contributed by atoms with E-state index in [1.165, 1.54) is 0 Å². The van der Waals surface area contributed by atoms with Gasteiger partial charge in [0.15, 0.2) is 12.6 Å². The number of aliphatic hydroxyl groups is 2. The molecule has 4 heteroatoms. The fraction of sp³-hybridized carbons (Fsp3) is 1.00. The van der Waals surface area contributed by atoms with E-state index in [0.717, 1.165) is 0 Å². The van der Waals surface area contributed by atoms with Gasteiger partial charge in [0.1, 0.15) is 12.2 Å². The lowest BCUT2D eigenvalue weighted by atomic mass is 10.3. The van der Waals surface area contributed by atoms with E-state index in [9.17, 15) is 0 Å². The summed E-state index contributed by atoms with van der Waals surface area (Å²) in [4.78, 5) is 0. The third-order valence-electron chi connectivity index (χ3n) is 1.39. The van der Waals surface area contributed by atoms with Gasteiger partial charge >= 0.3 is 0 Å². The van der Waals surface area contributed by atoms with Gasteiger partial charge in [-0.3, -0.25) is 0 Å². The lowest BCUT2D eigenvalue weighted by Gasteiger charge is -2.07. The van der Waals surface area contributed by atoms with Crippen LogP contribution < -0.4 is 0 Å². The van der Waals surface area contributed by atoms with Gasteiger partial charge < -0.3 is 19.7 Å². The number of aliphatic hydroxyl groups excluding tert-OH is 2. The molecule has 2 aliphatic heterocycles. The predicted octanol–water partition coefficient (Wildman–Crippen LogP) is -1.58. The Labute approximate surface area is 45.6 Å². The second kappa shape index (κ2) is 1.22. The van der Waals surface area contributed by atoms with Gasteiger partial charge in [-0.25, -0.2) is 0 Å². The molecule has 2 saturated heterocycles. The number of hydrogen-bond donors (Lipinski definition) is 2. The Balaban J connectivity index is 2.08. The SMILES string of the molecule is OC1OC2OC2C1O. The van der Waals surface area contributed by atoms with E-state index in [4.69, 9.17) is 14.9 Å². The van der Waals surface area contributed by atoms with Crippen molar-refractivity contribution in [1.29, 1.82) is 0 Å². The van der Waals surface area contributed by atoms with E-state index >= 15 is 0 Å². The Morgan fingerprint density at radius 1 is 1.12 bits per heavy atom. The topological polar surface area (TPSA) is 62.2 Å². The average molecular weight is 118 g/mol. The highest BCUT2D eigenvalue weighted by Crippen LogP contribution is 2.35. The summed E-state index contributed by atoms with van der Waals surface area (Å²) in [6.45, 7) is 0. The maximum Gasteiger partial charge on any atom is 0.190 e. The van der Waals surface area contributed by atoms with Crippen molar-refractivity contribution in [2.24, 2.45) is 0 Å². The molecule has 8 heavy (non-hydrogen) atoms. The van der Waals surface area contributed by atoms with E-state index in [2.05, 4.69) is 4.74 Å². The number of hydrogen-bond acceptors (Lipinski definition) is 4. The zero-order chi connectivity index (χ0) is 5.72. The van der Waals surface area contributed by atoms with Gasteiger partial charge in [0.2, 0.25) is 0 Å². The molecule has 0 aromatic heterocycles. The predicted molar refractivity (Wildman–Crippen MR) is 21.8 cm³/mol. The normalized spacial score (nSPS) is 60.8. The minimum absolute atomic E-state index is 0.259. The van der Waals surface area contributed by atoms with Crippen molar-refractivity contribution in [2.75, 3.05) is 0 Å². The molecule has 2 aliphatic rings. The van der Waals surface area contributed by atoms with Crippen molar-refractivity contribution in [3.05, 3.63) is 0 Å². The average Bonchev–Trinajstić information content (AvgIpc) is 2.39. The fourth-order valence-corrected chi connectivity index (χ4v) is 0.841. The van der Waals surface area contributed by atoms with Crippen molar-refractivity contribution < 1.29 is 19.7 Å². The standard InChI is InChI=1S/C4H6O4/c5-1-2-4(7-2)8-3(1)6/h1-6H. The lowest BCUT2D eigenvalue weighted by Crippen LogP contribution is -2.26. The smallest absolute Gasteiger partial charge is 0.190 e. The van der Waals surface area contributed by atoms with Gasteiger partial charge in [-0.1, -0.05) is 0 Å². The molecule has 4 atom stereocenters. The number of fused-ring (bicyclic) bond motifs is 1. The third-order valence-corrected chi connectivity index (χ3v) is 1.39. The molecule has 4 unspecified atom stereocenters. The van der Waals surface area contributed by atoms with Gasteiger partial charge in [0, 0.05) is 0 Å². The quantitative estimate of drug-likeness (QED) is 0.377. The summed E-state index contributed by atoms with van der Waals surface area (Å²) in [5.41, 5.74) is 0. The molecule has 2 heterocycles. The molecule has 0 spiro atoms. The molecule has 0 saturated carbocycles. The van der Waals surface area contributed by atoms with Crippen LogP contribution in [-0.2, 0) is 9.47 Å². The first kappa shape index (κ1) is 4.69. The van der Waals surface area contributed by atoms with Crippen LogP contribution in [0.1, 0.15) is 0 Å². The molecule has 0 bridgehead atoms.